The average molecular weight is 363 g/mol. The Bertz CT molecular complexity index is 936. The highest BCUT2D eigenvalue weighted by atomic mass is 16.5. The van der Waals surface area contributed by atoms with Gasteiger partial charge in [-0.3, -0.25) is 9.88 Å². The second-order valence-corrected chi connectivity index (χ2v) is 7.97. The minimum atomic E-state index is 0.389. The van der Waals surface area contributed by atoms with Crippen molar-refractivity contribution in [2.24, 2.45) is 0 Å². The van der Waals surface area contributed by atoms with Crippen molar-refractivity contribution in [3.05, 3.63) is 42.7 Å². The molecule has 1 saturated heterocycles. The number of ether oxygens (including phenoxy) is 1. The molecule has 141 valence electrons. The van der Waals surface area contributed by atoms with Gasteiger partial charge in [0.15, 0.2) is 0 Å². The van der Waals surface area contributed by atoms with E-state index >= 15 is 0 Å². The Kier molecular flexibility index (Phi) is 4.58. The van der Waals surface area contributed by atoms with Crippen LogP contribution < -0.4 is 0 Å². The molecule has 2 aliphatic rings. The fourth-order valence-electron chi connectivity index (χ4n) is 5.06. The van der Waals surface area contributed by atoms with Crippen LogP contribution in [0.5, 0.6) is 0 Å². The highest BCUT2D eigenvalue weighted by Crippen LogP contribution is 2.39. The Morgan fingerprint density at radius 1 is 1.22 bits per heavy atom. The van der Waals surface area contributed by atoms with E-state index in [2.05, 4.69) is 38.4 Å². The molecule has 0 amide bonds. The van der Waals surface area contributed by atoms with Gasteiger partial charge in [0.1, 0.15) is 5.65 Å². The van der Waals surface area contributed by atoms with E-state index in [1.54, 1.807) is 0 Å². The predicted molar refractivity (Wildman–Crippen MR) is 108 cm³/mol. The van der Waals surface area contributed by atoms with E-state index in [9.17, 15) is 0 Å². The smallest absolute Gasteiger partial charge is 0.137 e. The van der Waals surface area contributed by atoms with Gasteiger partial charge in [-0.1, -0.05) is 0 Å². The van der Waals surface area contributed by atoms with Gasteiger partial charge < -0.3 is 9.72 Å². The van der Waals surface area contributed by atoms with E-state index in [-0.39, 0.29) is 0 Å². The van der Waals surface area contributed by atoms with Gasteiger partial charge in [0.05, 0.1) is 17.8 Å². The lowest BCUT2D eigenvalue weighted by atomic mass is 9.79. The number of likely N-dealkylation sites (tertiary alicyclic amines) is 1. The molecule has 5 heteroatoms. The summed E-state index contributed by atoms with van der Waals surface area (Å²) in [5, 5.41) is 2.47. The largest absolute Gasteiger partial charge is 0.380 e. The molecule has 1 aliphatic carbocycles. The SMILES string of the molecule is COC1CCCN(C2[CH]CCC(c3ccnc4cnc5[nH]ccc5c34)C2)C1. The zero-order chi connectivity index (χ0) is 18.2. The number of fused-ring (bicyclic) bond motifs is 3. The van der Waals surface area contributed by atoms with Crippen LogP contribution >= 0.6 is 0 Å². The number of hydrogen-bond donors (Lipinski definition) is 1. The summed E-state index contributed by atoms with van der Waals surface area (Å²) in [6.07, 6.45) is 14.8. The molecule has 3 atom stereocenters. The van der Waals surface area contributed by atoms with Gasteiger partial charge >= 0.3 is 0 Å². The lowest BCUT2D eigenvalue weighted by Crippen LogP contribution is -2.47. The Morgan fingerprint density at radius 2 is 2.19 bits per heavy atom. The minimum Gasteiger partial charge on any atom is -0.380 e. The molecule has 3 aromatic rings. The van der Waals surface area contributed by atoms with Gasteiger partial charge in [0.2, 0.25) is 0 Å². The second-order valence-electron chi connectivity index (χ2n) is 7.97. The normalized spacial score (nSPS) is 27.4. The molecule has 5 rings (SSSR count). The van der Waals surface area contributed by atoms with Crippen LogP contribution in [0, 0.1) is 6.42 Å². The molecule has 3 aromatic heterocycles. The number of rotatable bonds is 3. The average Bonchev–Trinajstić information content (AvgIpc) is 3.22. The molecule has 1 radical (unpaired) electrons. The van der Waals surface area contributed by atoms with Crippen LogP contribution in [0.25, 0.3) is 21.9 Å². The van der Waals surface area contributed by atoms with Gasteiger partial charge in [-0.05, 0) is 68.7 Å². The van der Waals surface area contributed by atoms with E-state index in [0.29, 0.717) is 18.1 Å². The Morgan fingerprint density at radius 3 is 3.11 bits per heavy atom. The van der Waals surface area contributed by atoms with Gasteiger partial charge in [0, 0.05) is 42.9 Å². The maximum atomic E-state index is 5.65. The number of pyridine rings is 2. The van der Waals surface area contributed by atoms with Gasteiger partial charge in [-0.25, -0.2) is 4.98 Å². The van der Waals surface area contributed by atoms with Crippen molar-refractivity contribution in [2.45, 2.75) is 50.2 Å². The maximum Gasteiger partial charge on any atom is 0.137 e. The number of aromatic amines is 1. The molecule has 3 unspecified atom stereocenters. The summed E-state index contributed by atoms with van der Waals surface area (Å²) in [6.45, 7) is 2.25. The fourth-order valence-corrected chi connectivity index (χ4v) is 5.06. The number of methoxy groups -OCH3 is 1. The minimum absolute atomic E-state index is 0.389. The van der Waals surface area contributed by atoms with Gasteiger partial charge in [-0.15, -0.1) is 0 Å². The van der Waals surface area contributed by atoms with Crippen LogP contribution in [0.3, 0.4) is 0 Å². The summed E-state index contributed by atoms with van der Waals surface area (Å²) in [5.41, 5.74) is 3.39. The van der Waals surface area contributed by atoms with E-state index in [1.807, 2.05) is 25.7 Å². The van der Waals surface area contributed by atoms with Crippen molar-refractivity contribution in [3.63, 3.8) is 0 Å². The molecule has 0 aromatic carbocycles. The van der Waals surface area contributed by atoms with Gasteiger partial charge in [-0.2, -0.15) is 0 Å². The third kappa shape index (κ3) is 3.13. The summed E-state index contributed by atoms with van der Waals surface area (Å²) in [6, 6.07) is 4.92. The zero-order valence-corrected chi connectivity index (χ0v) is 15.9. The summed E-state index contributed by atoms with van der Waals surface area (Å²) in [5.74, 6) is 0.564. The number of hydrogen-bond acceptors (Lipinski definition) is 4. The first-order valence-electron chi connectivity index (χ1n) is 10.1. The molecular weight excluding hydrogens is 336 g/mol. The predicted octanol–water partition coefficient (Wildman–Crippen LogP) is 4.06. The van der Waals surface area contributed by atoms with Crippen LogP contribution in [0.1, 0.15) is 43.6 Å². The maximum absolute atomic E-state index is 5.65. The first-order chi connectivity index (χ1) is 13.3. The third-order valence-electron chi connectivity index (χ3n) is 6.45. The second kappa shape index (κ2) is 7.21. The van der Waals surface area contributed by atoms with Gasteiger partial charge in [0.25, 0.3) is 0 Å². The third-order valence-corrected chi connectivity index (χ3v) is 6.45. The molecule has 27 heavy (non-hydrogen) atoms. The Hall–Kier alpha value is -1.98. The first kappa shape index (κ1) is 17.1. The summed E-state index contributed by atoms with van der Waals surface area (Å²) in [7, 11) is 1.85. The molecule has 0 spiro atoms. The number of H-pyrrole nitrogens is 1. The monoisotopic (exact) mass is 363 g/mol. The van der Waals surface area contributed by atoms with Crippen LogP contribution in [0.2, 0.25) is 0 Å². The molecule has 1 saturated carbocycles. The summed E-state index contributed by atoms with van der Waals surface area (Å²) >= 11 is 0. The number of piperidine rings is 1. The standard InChI is InChI=1S/C22H27N4O/c1-27-17-6-3-11-26(14-17)16-5-2-4-15(12-16)18-7-9-23-20-13-25-22-19(21(18)20)8-10-24-22/h5,7-10,13,15-17H,2-4,6,11-12,14H2,1H3,(H,24,25). The lowest BCUT2D eigenvalue weighted by Gasteiger charge is -2.41. The lowest BCUT2D eigenvalue weighted by molar-refractivity contribution is 0.0145. The Balaban J connectivity index is 1.47. The van der Waals surface area contributed by atoms with Crippen molar-refractivity contribution in [3.8, 4) is 0 Å². The van der Waals surface area contributed by atoms with Crippen LogP contribution in [0.4, 0.5) is 0 Å². The van der Waals surface area contributed by atoms with Crippen molar-refractivity contribution in [2.75, 3.05) is 20.2 Å². The van der Waals surface area contributed by atoms with Crippen molar-refractivity contribution < 1.29 is 4.74 Å². The summed E-state index contributed by atoms with van der Waals surface area (Å²) < 4.78 is 5.65. The molecule has 1 aliphatic heterocycles. The van der Waals surface area contributed by atoms with Crippen molar-refractivity contribution in [1.82, 2.24) is 19.9 Å². The molecular formula is C22H27N4O. The topological polar surface area (TPSA) is 54.0 Å². The first-order valence-corrected chi connectivity index (χ1v) is 10.1. The highest BCUT2D eigenvalue weighted by Gasteiger charge is 2.31. The van der Waals surface area contributed by atoms with Crippen LogP contribution in [0.15, 0.2) is 30.7 Å². The molecule has 5 nitrogen and oxygen atoms in total. The van der Waals surface area contributed by atoms with E-state index in [4.69, 9.17) is 4.74 Å². The quantitative estimate of drug-likeness (QED) is 0.762. The number of nitrogens with one attached hydrogen (secondary N) is 1. The molecule has 2 fully saturated rings. The molecule has 0 bridgehead atoms. The highest BCUT2D eigenvalue weighted by molar-refractivity contribution is 6.05. The van der Waals surface area contributed by atoms with Crippen molar-refractivity contribution in [1.29, 1.82) is 0 Å². The summed E-state index contributed by atoms with van der Waals surface area (Å²) in [4.78, 5) is 15.0. The van der Waals surface area contributed by atoms with Crippen LogP contribution in [-0.4, -0.2) is 52.2 Å². The van der Waals surface area contributed by atoms with E-state index in [1.165, 1.54) is 55.0 Å². The zero-order valence-electron chi connectivity index (χ0n) is 15.9. The molecule has 1 N–H and O–H groups in total. The van der Waals surface area contributed by atoms with Crippen molar-refractivity contribution >= 4 is 21.9 Å². The van der Waals surface area contributed by atoms with E-state index < -0.39 is 0 Å². The Labute approximate surface area is 160 Å². The number of nitrogens with zero attached hydrogens (tertiary/aromatic N) is 3. The molecule has 4 heterocycles. The van der Waals surface area contributed by atoms with Crippen LogP contribution in [-0.2, 0) is 4.74 Å². The van der Waals surface area contributed by atoms with E-state index in [0.717, 1.165) is 17.7 Å². The fraction of sp³-hybridized carbons (Fsp3) is 0.500. The number of aromatic nitrogens is 3.